The van der Waals surface area contributed by atoms with Crippen molar-refractivity contribution in [3.8, 4) is 0 Å². The Labute approximate surface area is 166 Å². The molecule has 1 saturated heterocycles. The molecule has 8 nitrogen and oxygen atoms in total. The van der Waals surface area contributed by atoms with Crippen molar-refractivity contribution < 1.29 is 23.5 Å². The normalized spacial score (nSPS) is 21.0. The molecular formula is C20H19FN4O4. The first-order chi connectivity index (χ1) is 13.9. The van der Waals surface area contributed by atoms with E-state index in [9.17, 15) is 18.8 Å². The summed E-state index contributed by atoms with van der Waals surface area (Å²) in [6, 6.07) is 6.36. The van der Waals surface area contributed by atoms with Crippen LogP contribution in [-0.2, 0) is 32.9 Å². The average molecular weight is 398 g/mol. The highest BCUT2D eigenvalue weighted by Crippen LogP contribution is 2.29. The molecule has 4 rings (SSSR count). The number of halogens is 1. The number of urea groups is 1. The summed E-state index contributed by atoms with van der Waals surface area (Å²) in [4.78, 5) is 42.8. The Morgan fingerprint density at radius 2 is 2.10 bits per heavy atom. The molecule has 0 radical (unpaired) electrons. The topological polar surface area (TPSA) is 101 Å². The zero-order valence-corrected chi connectivity index (χ0v) is 15.7. The fourth-order valence-electron chi connectivity index (χ4n) is 3.47. The third kappa shape index (κ3) is 3.56. The van der Waals surface area contributed by atoms with Crippen LogP contribution < -0.4 is 10.6 Å². The van der Waals surface area contributed by atoms with Gasteiger partial charge >= 0.3 is 6.03 Å². The number of amides is 4. The molecule has 0 bridgehead atoms. The molecule has 2 aromatic rings. The lowest BCUT2D eigenvalue weighted by Gasteiger charge is -2.22. The van der Waals surface area contributed by atoms with Crippen molar-refractivity contribution in [1.29, 1.82) is 0 Å². The van der Waals surface area contributed by atoms with E-state index in [0.29, 0.717) is 30.9 Å². The van der Waals surface area contributed by atoms with E-state index in [-0.39, 0.29) is 0 Å². The van der Waals surface area contributed by atoms with Gasteiger partial charge in [-0.1, -0.05) is 12.1 Å². The van der Waals surface area contributed by atoms with E-state index < -0.39 is 35.7 Å². The average Bonchev–Trinajstić information content (AvgIpc) is 2.92. The van der Waals surface area contributed by atoms with Crippen molar-refractivity contribution in [1.82, 2.24) is 15.2 Å². The fraction of sp³-hybridized carbons (Fsp3) is 0.300. The van der Waals surface area contributed by atoms with Gasteiger partial charge in [-0.2, -0.15) is 0 Å². The number of carbonyl (C=O) groups is 3. The molecule has 29 heavy (non-hydrogen) atoms. The van der Waals surface area contributed by atoms with E-state index in [0.717, 1.165) is 16.2 Å². The molecule has 1 fully saturated rings. The van der Waals surface area contributed by atoms with Crippen LogP contribution >= 0.6 is 0 Å². The van der Waals surface area contributed by atoms with Crippen LogP contribution in [0.5, 0.6) is 0 Å². The summed E-state index contributed by atoms with van der Waals surface area (Å²) in [5.41, 5.74) is 1.36. The molecule has 0 saturated carbocycles. The number of pyridine rings is 1. The number of anilines is 1. The number of imide groups is 1. The summed E-state index contributed by atoms with van der Waals surface area (Å²) in [5, 5.41) is 5.24. The first-order valence-electron chi connectivity index (χ1n) is 9.12. The first kappa shape index (κ1) is 19.0. The molecule has 2 N–H and O–H groups in total. The van der Waals surface area contributed by atoms with E-state index in [1.807, 2.05) is 0 Å². The van der Waals surface area contributed by atoms with Crippen molar-refractivity contribution in [2.75, 3.05) is 18.5 Å². The van der Waals surface area contributed by atoms with Crippen molar-refractivity contribution >= 4 is 23.5 Å². The molecular weight excluding hydrogens is 379 g/mol. The van der Waals surface area contributed by atoms with E-state index in [2.05, 4.69) is 15.6 Å². The van der Waals surface area contributed by atoms with Gasteiger partial charge < -0.3 is 15.4 Å². The van der Waals surface area contributed by atoms with Gasteiger partial charge in [0.2, 0.25) is 5.91 Å². The number of hydrogen-bond acceptors (Lipinski definition) is 5. The van der Waals surface area contributed by atoms with Crippen LogP contribution in [0.15, 0.2) is 36.5 Å². The predicted molar refractivity (Wildman–Crippen MR) is 100 cm³/mol. The minimum Gasteiger partial charge on any atom is -0.376 e. The standard InChI is InChI=1S/C20H19FN4O4/c1-20(13-2-4-14(21)5-3-13)18(27)25(19(28)24-20)10-17(26)23-15-8-12-11-29-7-6-16(12)22-9-15/h2-5,8-9H,6-7,10-11H2,1H3,(H,23,26)(H,24,28)/t20-/m1/s1. The Morgan fingerprint density at radius 1 is 1.34 bits per heavy atom. The summed E-state index contributed by atoms with van der Waals surface area (Å²) in [6.07, 6.45) is 2.25. The highest BCUT2D eigenvalue weighted by atomic mass is 19.1. The number of nitrogens with zero attached hydrogens (tertiary/aromatic N) is 2. The van der Waals surface area contributed by atoms with Crippen LogP contribution in [0.3, 0.4) is 0 Å². The van der Waals surface area contributed by atoms with Gasteiger partial charge in [-0.05, 0) is 30.7 Å². The Bertz CT molecular complexity index is 994. The molecule has 1 aromatic carbocycles. The third-order valence-electron chi connectivity index (χ3n) is 5.08. The maximum Gasteiger partial charge on any atom is 0.325 e. The minimum absolute atomic E-state index is 0.426. The van der Waals surface area contributed by atoms with E-state index in [1.165, 1.54) is 37.4 Å². The van der Waals surface area contributed by atoms with Gasteiger partial charge in [0.25, 0.3) is 5.91 Å². The monoisotopic (exact) mass is 398 g/mol. The second-order valence-electron chi connectivity index (χ2n) is 7.13. The number of fused-ring (bicyclic) bond motifs is 1. The third-order valence-corrected chi connectivity index (χ3v) is 5.08. The van der Waals surface area contributed by atoms with Gasteiger partial charge in [-0.25, -0.2) is 9.18 Å². The summed E-state index contributed by atoms with van der Waals surface area (Å²) >= 11 is 0. The summed E-state index contributed by atoms with van der Waals surface area (Å²) < 4.78 is 18.6. The number of rotatable bonds is 4. The van der Waals surface area contributed by atoms with Crippen molar-refractivity contribution in [3.63, 3.8) is 0 Å². The Morgan fingerprint density at radius 3 is 2.86 bits per heavy atom. The van der Waals surface area contributed by atoms with Gasteiger partial charge in [0.1, 0.15) is 17.9 Å². The maximum absolute atomic E-state index is 13.2. The largest absolute Gasteiger partial charge is 0.376 e. The number of aromatic nitrogens is 1. The molecule has 1 aromatic heterocycles. The van der Waals surface area contributed by atoms with Crippen LogP contribution in [-0.4, -0.2) is 40.9 Å². The predicted octanol–water partition coefficient (Wildman–Crippen LogP) is 1.70. The Kier molecular flexibility index (Phi) is 4.75. The van der Waals surface area contributed by atoms with E-state index >= 15 is 0 Å². The second-order valence-corrected chi connectivity index (χ2v) is 7.13. The van der Waals surface area contributed by atoms with Crippen molar-refractivity contribution in [2.24, 2.45) is 0 Å². The molecule has 0 unspecified atom stereocenters. The Hall–Kier alpha value is -3.33. The van der Waals surface area contributed by atoms with Gasteiger partial charge in [0.05, 0.1) is 25.1 Å². The van der Waals surface area contributed by atoms with Gasteiger partial charge in [0, 0.05) is 17.7 Å². The summed E-state index contributed by atoms with van der Waals surface area (Å²) in [5.74, 6) is -1.56. The molecule has 4 amide bonds. The zero-order chi connectivity index (χ0) is 20.6. The summed E-state index contributed by atoms with van der Waals surface area (Å²) in [6.45, 7) is 2.11. The van der Waals surface area contributed by atoms with Crippen molar-refractivity contribution in [3.05, 3.63) is 59.2 Å². The van der Waals surface area contributed by atoms with E-state index in [1.54, 1.807) is 6.07 Å². The molecule has 0 spiro atoms. The molecule has 3 heterocycles. The lowest BCUT2D eigenvalue weighted by Crippen LogP contribution is -2.42. The molecule has 1 atom stereocenters. The van der Waals surface area contributed by atoms with Crippen LogP contribution in [0.4, 0.5) is 14.9 Å². The quantitative estimate of drug-likeness (QED) is 0.764. The fourth-order valence-corrected chi connectivity index (χ4v) is 3.47. The van der Waals surface area contributed by atoms with Gasteiger partial charge in [-0.15, -0.1) is 0 Å². The van der Waals surface area contributed by atoms with Gasteiger partial charge in [0.15, 0.2) is 0 Å². The number of nitrogens with one attached hydrogen (secondary N) is 2. The highest BCUT2D eigenvalue weighted by Gasteiger charge is 2.49. The number of hydrogen-bond donors (Lipinski definition) is 2. The number of carbonyl (C=O) groups excluding carboxylic acids is 3. The molecule has 0 aliphatic carbocycles. The summed E-state index contributed by atoms with van der Waals surface area (Å²) in [7, 11) is 0. The minimum atomic E-state index is -1.37. The number of benzene rings is 1. The SMILES string of the molecule is C[C@]1(c2ccc(F)cc2)NC(=O)N(CC(=O)Nc2cnc3c(c2)COCC3)C1=O. The zero-order valence-electron chi connectivity index (χ0n) is 15.7. The number of ether oxygens (including phenoxy) is 1. The molecule has 9 heteroatoms. The smallest absolute Gasteiger partial charge is 0.325 e. The van der Waals surface area contributed by atoms with Crippen LogP contribution in [0.25, 0.3) is 0 Å². The molecule has 150 valence electrons. The van der Waals surface area contributed by atoms with Crippen LogP contribution in [0.1, 0.15) is 23.7 Å². The van der Waals surface area contributed by atoms with Gasteiger partial charge in [-0.3, -0.25) is 19.5 Å². The lowest BCUT2D eigenvalue weighted by molar-refractivity contribution is -0.133. The second kappa shape index (κ2) is 7.25. The van der Waals surface area contributed by atoms with Crippen molar-refractivity contribution in [2.45, 2.75) is 25.5 Å². The Balaban J connectivity index is 1.46. The van der Waals surface area contributed by atoms with Crippen LogP contribution in [0.2, 0.25) is 0 Å². The van der Waals surface area contributed by atoms with Crippen LogP contribution in [0, 0.1) is 5.82 Å². The molecule has 2 aliphatic heterocycles. The maximum atomic E-state index is 13.2. The lowest BCUT2D eigenvalue weighted by atomic mass is 9.92. The molecule has 2 aliphatic rings. The highest BCUT2D eigenvalue weighted by molar-refractivity contribution is 6.10. The first-order valence-corrected chi connectivity index (χ1v) is 9.12. The van der Waals surface area contributed by atoms with E-state index in [4.69, 9.17) is 4.74 Å².